The van der Waals surface area contributed by atoms with E-state index < -0.39 is 4.92 Å². The summed E-state index contributed by atoms with van der Waals surface area (Å²) in [4.78, 5) is 9.93. The summed E-state index contributed by atoms with van der Waals surface area (Å²) in [6.45, 7) is 0.323. The molecule has 0 bridgehead atoms. The van der Waals surface area contributed by atoms with Gasteiger partial charge in [-0.25, -0.2) is 0 Å². The summed E-state index contributed by atoms with van der Waals surface area (Å²) in [6.07, 6.45) is 0.681. The molecule has 0 fully saturated rings. The van der Waals surface area contributed by atoms with E-state index in [1.54, 1.807) is 6.07 Å². The summed E-state index contributed by atoms with van der Waals surface area (Å²) in [5, 5.41) is 23.0. The van der Waals surface area contributed by atoms with Gasteiger partial charge in [0.2, 0.25) is 0 Å². The van der Waals surface area contributed by atoms with Crippen molar-refractivity contribution in [3.8, 4) is 0 Å². The van der Waals surface area contributed by atoms with Crippen molar-refractivity contribution in [1.82, 2.24) is 5.32 Å². The van der Waals surface area contributed by atoms with Gasteiger partial charge in [0, 0.05) is 6.04 Å². The van der Waals surface area contributed by atoms with E-state index in [0.717, 1.165) is 5.56 Å². The van der Waals surface area contributed by atoms with E-state index in [-0.39, 0.29) is 18.5 Å². The Kier molecular flexibility index (Phi) is 4.86. The molecule has 0 aliphatic heterocycles. The third kappa shape index (κ3) is 3.91. The summed E-state index contributed by atoms with van der Waals surface area (Å²) in [5.41, 5.74) is 1.12. The molecular weight excluding hydrogens is 260 g/mol. The van der Waals surface area contributed by atoms with Crippen molar-refractivity contribution in [2.75, 3.05) is 6.61 Å². The van der Waals surface area contributed by atoms with Crippen molar-refractivity contribution in [1.29, 1.82) is 0 Å². The third-order valence-electron chi connectivity index (χ3n) is 2.94. The molecule has 1 heterocycles. The van der Waals surface area contributed by atoms with Crippen LogP contribution in [0.5, 0.6) is 0 Å². The summed E-state index contributed by atoms with van der Waals surface area (Å²) in [7, 11) is 0. The highest BCUT2D eigenvalue weighted by Crippen LogP contribution is 2.15. The number of rotatable bonds is 7. The molecule has 0 amide bonds. The van der Waals surface area contributed by atoms with E-state index in [1.165, 1.54) is 6.07 Å². The van der Waals surface area contributed by atoms with E-state index in [0.29, 0.717) is 18.7 Å². The van der Waals surface area contributed by atoms with Crippen LogP contribution >= 0.6 is 0 Å². The Hall–Kier alpha value is -2.18. The average molecular weight is 276 g/mol. The first kappa shape index (κ1) is 14.2. The molecule has 1 aromatic carbocycles. The first-order chi connectivity index (χ1) is 9.69. The Bertz CT molecular complexity index is 553. The lowest BCUT2D eigenvalue weighted by Crippen LogP contribution is -2.33. The van der Waals surface area contributed by atoms with Gasteiger partial charge in [-0.05, 0) is 18.1 Å². The van der Waals surface area contributed by atoms with E-state index in [1.807, 2.05) is 30.3 Å². The predicted molar refractivity (Wildman–Crippen MR) is 73.2 cm³/mol. The Balaban J connectivity index is 1.88. The summed E-state index contributed by atoms with van der Waals surface area (Å²) in [5.74, 6) is 0.202. The van der Waals surface area contributed by atoms with Crippen LogP contribution in [0.1, 0.15) is 11.3 Å². The zero-order valence-electron chi connectivity index (χ0n) is 10.9. The second kappa shape index (κ2) is 6.83. The molecule has 1 unspecified atom stereocenters. The molecule has 1 aromatic heterocycles. The zero-order chi connectivity index (χ0) is 14.4. The van der Waals surface area contributed by atoms with Gasteiger partial charge in [0.1, 0.15) is 10.7 Å². The van der Waals surface area contributed by atoms with Crippen LogP contribution in [0.25, 0.3) is 0 Å². The molecule has 6 heteroatoms. The number of benzene rings is 1. The number of hydrogen-bond acceptors (Lipinski definition) is 5. The molecule has 2 aromatic rings. The Morgan fingerprint density at radius 2 is 2.00 bits per heavy atom. The summed E-state index contributed by atoms with van der Waals surface area (Å²) >= 11 is 0. The number of nitrogens with zero attached hydrogens (tertiary/aromatic N) is 1. The fraction of sp³-hybridized carbons (Fsp3) is 0.286. The second-order valence-electron chi connectivity index (χ2n) is 4.45. The molecule has 0 radical (unpaired) electrons. The molecule has 106 valence electrons. The standard InChI is InChI=1S/C14H16N2O4/c17-10-12(8-11-4-2-1-3-5-11)15-9-13-6-7-14(20-13)16(18)19/h1-7,12,15,17H,8-10H2. The van der Waals surface area contributed by atoms with Crippen LogP contribution in [0.4, 0.5) is 5.88 Å². The highest BCUT2D eigenvalue weighted by atomic mass is 16.6. The second-order valence-corrected chi connectivity index (χ2v) is 4.45. The third-order valence-corrected chi connectivity index (χ3v) is 2.94. The van der Waals surface area contributed by atoms with E-state index in [4.69, 9.17) is 4.42 Å². The molecule has 2 rings (SSSR count). The van der Waals surface area contributed by atoms with Gasteiger partial charge < -0.3 is 14.8 Å². The molecule has 6 nitrogen and oxygen atoms in total. The van der Waals surface area contributed by atoms with Crippen LogP contribution < -0.4 is 5.32 Å². The van der Waals surface area contributed by atoms with E-state index in [9.17, 15) is 15.2 Å². The van der Waals surface area contributed by atoms with Gasteiger partial charge in [-0.3, -0.25) is 10.1 Å². The maximum atomic E-state index is 10.5. The van der Waals surface area contributed by atoms with Crippen LogP contribution in [0.3, 0.4) is 0 Å². The van der Waals surface area contributed by atoms with Crippen molar-refractivity contribution in [2.45, 2.75) is 19.0 Å². The summed E-state index contributed by atoms with van der Waals surface area (Å²) in [6, 6.07) is 12.6. The molecule has 2 N–H and O–H groups in total. The fourth-order valence-electron chi connectivity index (χ4n) is 1.90. The number of aliphatic hydroxyl groups excluding tert-OH is 1. The van der Waals surface area contributed by atoms with Gasteiger partial charge in [-0.2, -0.15) is 0 Å². The molecule has 1 atom stereocenters. The normalized spacial score (nSPS) is 12.2. The number of aliphatic hydroxyl groups is 1. The van der Waals surface area contributed by atoms with Gasteiger partial charge in [-0.15, -0.1) is 0 Å². The number of nitro groups is 1. The predicted octanol–water partition coefficient (Wildman–Crippen LogP) is 1.88. The van der Waals surface area contributed by atoms with Gasteiger partial charge in [0.05, 0.1) is 19.2 Å². The van der Waals surface area contributed by atoms with Crippen LogP contribution in [-0.2, 0) is 13.0 Å². The largest absolute Gasteiger partial charge is 0.433 e. The van der Waals surface area contributed by atoms with Crippen LogP contribution in [0.15, 0.2) is 46.9 Å². The molecule has 0 saturated carbocycles. The zero-order valence-corrected chi connectivity index (χ0v) is 10.9. The smallest absolute Gasteiger partial charge is 0.404 e. The quantitative estimate of drug-likeness (QED) is 0.595. The molecule has 0 saturated heterocycles. The fourth-order valence-corrected chi connectivity index (χ4v) is 1.90. The minimum atomic E-state index is -0.572. The van der Waals surface area contributed by atoms with Crippen molar-refractivity contribution in [3.63, 3.8) is 0 Å². The molecule has 0 spiro atoms. The molecule has 0 aliphatic rings. The molecule has 0 aliphatic carbocycles. The monoisotopic (exact) mass is 276 g/mol. The van der Waals surface area contributed by atoms with Gasteiger partial charge in [0.15, 0.2) is 0 Å². The lowest BCUT2D eigenvalue weighted by atomic mass is 10.1. The maximum Gasteiger partial charge on any atom is 0.433 e. The summed E-state index contributed by atoms with van der Waals surface area (Å²) < 4.78 is 5.05. The Morgan fingerprint density at radius 3 is 2.60 bits per heavy atom. The Labute approximate surface area is 116 Å². The maximum absolute atomic E-state index is 10.5. The minimum absolute atomic E-state index is 0.0162. The SMILES string of the molecule is O=[N+]([O-])c1ccc(CNC(CO)Cc2ccccc2)o1. The van der Waals surface area contributed by atoms with Gasteiger partial charge in [0.25, 0.3) is 0 Å². The van der Waals surface area contributed by atoms with E-state index >= 15 is 0 Å². The van der Waals surface area contributed by atoms with Crippen molar-refractivity contribution in [2.24, 2.45) is 0 Å². The highest BCUT2D eigenvalue weighted by molar-refractivity contribution is 5.18. The number of hydrogen-bond donors (Lipinski definition) is 2. The number of nitrogens with one attached hydrogen (secondary N) is 1. The lowest BCUT2D eigenvalue weighted by Gasteiger charge is -2.15. The molecular formula is C14H16N2O4. The first-order valence-electron chi connectivity index (χ1n) is 6.30. The first-order valence-corrected chi connectivity index (χ1v) is 6.30. The van der Waals surface area contributed by atoms with Crippen LogP contribution in [0, 0.1) is 10.1 Å². The topological polar surface area (TPSA) is 88.5 Å². The number of furan rings is 1. The highest BCUT2D eigenvalue weighted by Gasteiger charge is 2.13. The van der Waals surface area contributed by atoms with Gasteiger partial charge in [-0.1, -0.05) is 30.3 Å². The van der Waals surface area contributed by atoms with Crippen molar-refractivity contribution in [3.05, 3.63) is 63.9 Å². The van der Waals surface area contributed by atoms with Gasteiger partial charge >= 0.3 is 5.88 Å². The molecule has 20 heavy (non-hydrogen) atoms. The van der Waals surface area contributed by atoms with Crippen molar-refractivity contribution >= 4 is 5.88 Å². The van der Waals surface area contributed by atoms with Crippen LogP contribution in [0.2, 0.25) is 0 Å². The van der Waals surface area contributed by atoms with Crippen LogP contribution in [-0.4, -0.2) is 22.7 Å². The Morgan fingerprint density at radius 1 is 1.25 bits per heavy atom. The minimum Gasteiger partial charge on any atom is -0.404 e. The average Bonchev–Trinajstić information content (AvgIpc) is 2.93. The lowest BCUT2D eigenvalue weighted by molar-refractivity contribution is -0.402. The van der Waals surface area contributed by atoms with E-state index in [2.05, 4.69) is 5.32 Å². The van der Waals surface area contributed by atoms with Crippen molar-refractivity contribution < 1.29 is 14.4 Å².